The number of nitrogens with zero attached hydrogens (tertiary/aromatic N) is 1. The molecular formula is C17H21N2O8P. The predicted molar refractivity (Wildman–Crippen MR) is 95.6 cm³/mol. The van der Waals surface area contributed by atoms with Crippen LogP contribution in [0.3, 0.4) is 0 Å². The van der Waals surface area contributed by atoms with Gasteiger partial charge in [-0.1, -0.05) is 24.3 Å². The van der Waals surface area contributed by atoms with Gasteiger partial charge in [0, 0.05) is 19.4 Å². The van der Waals surface area contributed by atoms with Crippen molar-refractivity contribution in [2.45, 2.75) is 32.1 Å². The van der Waals surface area contributed by atoms with Crippen molar-refractivity contribution in [2.24, 2.45) is 0 Å². The molecule has 1 aliphatic heterocycles. The Bertz CT molecular complexity index is 786. The minimum absolute atomic E-state index is 0.0299. The summed E-state index contributed by atoms with van der Waals surface area (Å²) in [5, 5.41) is 3.07. The zero-order valence-corrected chi connectivity index (χ0v) is 15.9. The van der Waals surface area contributed by atoms with E-state index in [0.29, 0.717) is 16.2 Å². The van der Waals surface area contributed by atoms with Crippen molar-refractivity contribution < 1.29 is 38.4 Å². The number of rotatable bonds is 9. The van der Waals surface area contributed by atoms with Crippen LogP contribution in [0.4, 0.5) is 0 Å². The van der Waals surface area contributed by atoms with Gasteiger partial charge in [0.05, 0.1) is 19.0 Å². The average Bonchev–Trinajstić information content (AvgIpc) is 2.91. The van der Waals surface area contributed by atoms with E-state index in [-0.39, 0.29) is 50.7 Å². The Morgan fingerprint density at radius 2 is 1.57 bits per heavy atom. The lowest BCUT2D eigenvalue weighted by atomic mass is 10.1. The maximum absolute atomic E-state index is 11.9. The molecule has 0 aliphatic carbocycles. The van der Waals surface area contributed by atoms with Crippen LogP contribution in [0, 0.1) is 0 Å². The Morgan fingerprint density at radius 1 is 1.04 bits per heavy atom. The van der Waals surface area contributed by atoms with Gasteiger partial charge in [-0.3, -0.25) is 18.9 Å². The minimum Gasteiger partial charge on any atom is -0.356 e. The Balaban J connectivity index is 1.75. The predicted octanol–water partition coefficient (Wildman–Crippen LogP) is 0.0628. The fourth-order valence-corrected chi connectivity index (χ4v) is 3.06. The normalized spacial score (nSPS) is 14.3. The summed E-state index contributed by atoms with van der Waals surface area (Å²) in [5.74, 6) is -2.11. The topological polar surface area (TPSA) is 150 Å². The largest absolute Gasteiger partial charge is 0.356 e. The van der Waals surface area contributed by atoms with Crippen molar-refractivity contribution in [3.05, 3.63) is 35.4 Å². The molecule has 1 aromatic carbocycles. The summed E-state index contributed by atoms with van der Waals surface area (Å²) in [5.41, 5.74) is 1.28. The van der Waals surface area contributed by atoms with E-state index in [1.165, 1.54) is 0 Å². The van der Waals surface area contributed by atoms with E-state index < -0.39 is 25.4 Å². The van der Waals surface area contributed by atoms with E-state index in [1.807, 2.05) is 0 Å². The second kappa shape index (κ2) is 9.59. The molecule has 0 radical (unpaired) electrons. The number of hydrogen-bond donors (Lipinski definition) is 3. The summed E-state index contributed by atoms with van der Waals surface area (Å²) in [6.45, 7) is 0.168. The summed E-state index contributed by atoms with van der Waals surface area (Å²) in [4.78, 5) is 68.8. The Morgan fingerprint density at radius 3 is 2.11 bits per heavy atom. The lowest BCUT2D eigenvalue weighted by Gasteiger charge is -2.12. The van der Waals surface area contributed by atoms with Crippen molar-refractivity contribution in [1.29, 1.82) is 0 Å². The van der Waals surface area contributed by atoms with Crippen LogP contribution in [-0.2, 0) is 41.4 Å². The van der Waals surface area contributed by atoms with Crippen molar-refractivity contribution >= 4 is 31.3 Å². The molecule has 0 aromatic heterocycles. The Hall–Kier alpha value is -2.55. The second-order valence-corrected chi connectivity index (χ2v) is 8.08. The van der Waals surface area contributed by atoms with Crippen LogP contribution in [-0.4, -0.2) is 51.2 Å². The maximum atomic E-state index is 11.9. The van der Waals surface area contributed by atoms with Gasteiger partial charge in [0.2, 0.25) is 5.91 Å². The molecule has 10 nitrogen and oxygen atoms in total. The van der Waals surface area contributed by atoms with Crippen LogP contribution < -0.4 is 5.32 Å². The second-order valence-electron chi connectivity index (χ2n) is 6.31. The molecule has 1 saturated heterocycles. The first-order valence-corrected chi connectivity index (χ1v) is 10.4. The number of hydroxylamine groups is 2. The standard InChI is InChI=1S/C17H21N2O8P/c20-14(18-8-1-9-28(24,25)26)10-12-2-4-13(5-3-12)11-17(23)27-19-15(21)6-7-16(19)22/h2-5H,1,6-11H2,(H,18,20)(H2,24,25,26). The number of imide groups is 1. The smallest absolute Gasteiger partial charge is 0.337 e. The average molecular weight is 412 g/mol. The Labute approximate surface area is 161 Å². The third-order valence-corrected chi connectivity index (χ3v) is 4.78. The monoisotopic (exact) mass is 412 g/mol. The molecule has 2 rings (SSSR count). The summed E-state index contributed by atoms with van der Waals surface area (Å²) in [6.07, 6.45) is -0.0977. The molecule has 0 bridgehead atoms. The minimum atomic E-state index is -4.06. The van der Waals surface area contributed by atoms with E-state index >= 15 is 0 Å². The highest BCUT2D eigenvalue weighted by molar-refractivity contribution is 7.51. The van der Waals surface area contributed by atoms with Gasteiger partial charge in [-0.2, -0.15) is 0 Å². The van der Waals surface area contributed by atoms with Crippen LogP contribution in [0.1, 0.15) is 30.4 Å². The molecule has 0 saturated carbocycles. The van der Waals surface area contributed by atoms with Gasteiger partial charge in [0.15, 0.2) is 0 Å². The molecular weight excluding hydrogens is 391 g/mol. The number of amides is 3. The fraction of sp³-hybridized carbons (Fsp3) is 0.412. The van der Waals surface area contributed by atoms with Crippen molar-refractivity contribution in [3.8, 4) is 0 Å². The van der Waals surface area contributed by atoms with Gasteiger partial charge < -0.3 is 19.9 Å². The first kappa shape index (κ1) is 21.7. The van der Waals surface area contributed by atoms with Crippen LogP contribution in [0.2, 0.25) is 0 Å². The lowest BCUT2D eigenvalue weighted by molar-refractivity contribution is -0.197. The summed E-state index contributed by atoms with van der Waals surface area (Å²) < 4.78 is 10.7. The van der Waals surface area contributed by atoms with Crippen molar-refractivity contribution in [3.63, 3.8) is 0 Å². The summed E-state index contributed by atoms with van der Waals surface area (Å²) in [7, 11) is -4.06. The maximum Gasteiger partial charge on any atom is 0.337 e. The molecule has 0 atom stereocenters. The third-order valence-electron chi connectivity index (χ3n) is 3.88. The molecule has 11 heteroatoms. The zero-order valence-electron chi connectivity index (χ0n) is 15.0. The highest BCUT2D eigenvalue weighted by Gasteiger charge is 2.32. The number of nitrogens with one attached hydrogen (secondary N) is 1. The van der Waals surface area contributed by atoms with Gasteiger partial charge in [-0.25, -0.2) is 4.79 Å². The molecule has 28 heavy (non-hydrogen) atoms. The first-order chi connectivity index (χ1) is 13.1. The van der Waals surface area contributed by atoms with Gasteiger partial charge in [0.1, 0.15) is 0 Å². The fourth-order valence-electron chi connectivity index (χ4n) is 2.49. The van der Waals surface area contributed by atoms with Crippen LogP contribution in [0.15, 0.2) is 24.3 Å². The highest BCUT2D eigenvalue weighted by Crippen LogP contribution is 2.34. The van der Waals surface area contributed by atoms with Gasteiger partial charge in [-0.15, -0.1) is 5.06 Å². The van der Waals surface area contributed by atoms with E-state index in [4.69, 9.17) is 14.6 Å². The van der Waals surface area contributed by atoms with Crippen molar-refractivity contribution in [1.82, 2.24) is 10.4 Å². The van der Waals surface area contributed by atoms with Gasteiger partial charge in [0.25, 0.3) is 11.8 Å². The molecule has 1 fully saturated rings. The molecule has 1 aliphatic rings. The molecule has 0 spiro atoms. The quantitative estimate of drug-likeness (QED) is 0.293. The molecule has 0 unspecified atom stereocenters. The molecule has 1 heterocycles. The Kier molecular flexibility index (Phi) is 7.45. The molecule has 1 aromatic rings. The SMILES string of the molecule is O=C(Cc1ccc(CC(=O)ON2C(=O)CCC2=O)cc1)NCCCP(=O)(O)O. The summed E-state index contributed by atoms with van der Waals surface area (Å²) in [6, 6.07) is 6.57. The number of carbonyl (C=O) groups is 4. The van der Waals surface area contributed by atoms with E-state index in [1.54, 1.807) is 24.3 Å². The third kappa shape index (κ3) is 7.22. The number of benzene rings is 1. The van der Waals surface area contributed by atoms with Crippen molar-refractivity contribution in [2.75, 3.05) is 12.7 Å². The van der Waals surface area contributed by atoms with Gasteiger partial charge >= 0.3 is 13.6 Å². The molecule has 3 N–H and O–H groups in total. The van der Waals surface area contributed by atoms with E-state index in [9.17, 15) is 23.7 Å². The van der Waals surface area contributed by atoms with E-state index in [2.05, 4.69) is 5.32 Å². The highest BCUT2D eigenvalue weighted by atomic mass is 31.2. The van der Waals surface area contributed by atoms with Crippen LogP contribution >= 0.6 is 7.60 Å². The van der Waals surface area contributed by atoms with Crippen LogP contribution in [0.5, 0.6) is 0 Å². The summed E-state index contributed by atoms with van der Waals surface area (Å²) >= 11 is 0. The van der Waals surface area contributed by atoms with Crippen LogP contribution in [0.25, 0.3) is 0 Å². The van der Waals surface area contributed by atoms with Gasteiger partial charge in [-0.05, 0) is 17.5 Å². The lowest BCUT2D eigenvalue weighted by Crippen LogP contribution is -2.32. The zero-order chi connectivity index (χ0) is 20.7. The molecule has 152 valence electrons. The van der Waals surface area contributed by atoms with E-state index in [0.717, 1.165) is 0 Å². The number of hydrogen-bond acceptors (Lipinski definition) is 6. The first-order valence-electron chi connectivity index (χ1n) is 8.60. The molecule has 3 amide bonds. The number of carbonyl (C=O) groups excluding carboxylic acids is 4.